The Morgan fingerprint density at radius 2 is 2.08 bits per heavy atom. The van der Waals surface area contributed by atoms with Crippen LogP contribution in [0.4, 0.5) is 0 Å². The topological polar surface area (TPSA) is 29.1 Å². The van der Waals surface area contributed by atoms with Gasteiger partial charge in [0.15, 0.2) is 0 Å². The van der Waals surface area contributed by atoms with Crippen LogP contribution in [0.5, 0.6) is 0 Å². The first-order chi connectivity index (χ1) is 5.84. The van der Waals surface area contributed by atoms with E-state index in [0.717, 1.165) is 4.90 Å². The van der Waals surface area contributed by atoms with Crippen molar-refractivity contribution in [2.24, 2.45) is 0 Å². The van der Waals surface area contributed by atoms with Gasteiger partial charge in [0.1, 0.15) is 11.0 Å². The molecule has 12 heavy (non-hydrogen) atoms. The molecule has 1 N–H and O–H groups in total. The third kappa shape index (κ3) is 2.50. The minimum atomic E-state index is -1.18. The van der Waals surface area contributed by atoms with Crippen LogP contribution in [0.2, 0.25) is 0 Å². The Morgan fingerprint density at radius 1 is 1.42 bits per heavy atom. The first kappa shape index (κ1) is 8.98. The Morgan fingerprint density at radius 3 is 2.67 bits per heavy atom. The summed E-state index contributed by atoms with van der Waals surface area (Å²) in [6.45, 7) is 0.321. The van der Waals surface area contributed by atoms with Gasteiger partial charge in [-0.2, -0.15) is 0 Å². The van der Waals surface area contributed by atoms with Crippen LogP contribution in [0.1, 0.15) is 0 Å². The van der Waals surface area contributed by atoms with Gasteiger partial charge < -0.3 is 0 Å². The molecule has 0 radical (unpaired) electrons. The number of hydrogen-bond acceptors (Lipinski definition) is 1. The highest BCUT2D eigenvalue weighted by Crippen LogP contribution is 2.01. The summed E-state index contributed by atoms with van der Waals surface area (Å²) in [4.78, 5) is 0.743. The van der Waals surface area contributed by atoms with Crippen molar-refractivity contribution in [1.82, 2.24) is 4.72 Å². The molecular formula is C9H9NOS. The molecule has 0 saturated carbocycles. The fraction of sp³-hybridized carbons (Fsp3) is 0.111. The van der Waals surface area contributed by atoms with Gasteiger partial charge in [0.05, 0.1) is 11.4 Å². The molecule has 1 rings (SSSR count). The van der Waals surface area contributed by atoms with Gasteiger partial charge in [-0.25, -0.2) is 8.93 Å². The van der Waals surface area contributed by atoms with Gasteiger partial charge in [-0.05, 0) is 12.1 Å². The van der Waals surface area contributed by atoms with Crippen molar-refractivity contribution >= 4 is 11.0 Å². The molecule has 2 nitrogen and oxygen atoms in total. The van der Waals surface area contributed by atoms with E-state index in [1.54, 1.807) is 12.1 Å². The minimum Gasteiger partial charge on any atom is -0.237 e. The average Bonchev–Trinajstić information content (AvgIpc) is 2.15. The molecule has 0 spiro atoms. The van der Waals surface area contributed by atoms with Crippen LogP contribution >= 0.6 is 0 Å². The van der Waals surface area contributed by atoms with Crippen molar-refractivity contribution in [1.29, 1.82) is 0 Å². The number of benzene rings is 1. The fourth-order valence-corrected chi connectivity index (χ4v) is 1.52. The van der Waals surface area contributed by atoms with Gasteiger partial charge in [0.25, 0.3) is 0 Å². The molecule has 3 heteroatoms. The molecule has 0 amide bonds. The van der Waals surface area contributed by atoms with E-state index in [4.69, 9.17) is 6.42 Å². The number of nitrogens with one attached hydrogen (secondary N) is 1. The largest absolute Gasteiger partial charge is 0.237 e. The molecule has 1 atom stereocenters. The maximum Gasteiger partial charge on any atom is 0.125 e. The Balaban J connectivity index is 2.61. The smallest absolute Gasteiger partial charge is 0.125 e. The van der Waals surface area contributed by atoms with Crippen LogP contribution in [0.25, 0.3) is 0 Å². The van der Waals surface area contributed by atoms with Crippen LogP contribution in [-0.2, 0) is 11.0 Å². The van der Waals surface area contributed by atoms with E-state index in [9.17, 15) is 4.21 Å². The first-order valence-corrected chi connectivity index (χ1v) is 4.63. The SMILES string of the molecule is C#CCNS(=O)c1ccccc1. The molecule has 1 aromatic rings. The molecule has 0 fully saturated rings. The summed E-state index contributed by atoms with van der Waals surface area (Å²) in [5, 5.41) is 0. The maximum atomic E-state index is 11.3. The van der Waals surface area contributed by atoms with Gasteiger partial charge >= 0.3 is 0 Å². The Bertz CT molecular complexity index is 302. The van der Waals surface area contributed by atoms with Crippen LogP contribution in [0.15, 0.2) is 35.2 Å². The standard InChI is InChI=1S/C9H9NOS/c1-2-8-10-12(11)9-6-4-3-5-7-9/h1,3-7,10H,8H2. The first-order valence-electron chi connectivity index (χ1n) is 3.48. The molecular weight excluding hydrogens is 170 g/mol. The molecule has 1 unspecified atom stereocenters. The quantitative estimate of drug-likeness (QED) is 0.687. The summed E-state index contributed by atoms with van der Waals surface area (Å²) in [6.07, 6.45) is 5.01. The normalized spacial score (nSPS) is 11.9. The molecule has 0 aliphatic heterocycles. The zero-order valence-electron chi connectivity index (χ0n) is 6.49. The van der Waals surface area contributed by atoms with E-state index in [0.29, 0.717) is 6.54 Å². The second-order valence-corrected chi connectivity index (χ2v) is 3.40. The third-order valence-electron chi connectivity index (χ3n) is 1.26. The van der Waals surface area contributed by atoms with E-state index in [1.807, 2.05) is 18.2 Å². The van der Waals surface area contributed by atoms with Crippen molar-refractivity contribution in [3.8, 4) is 12.3 Å². The average molecular weight is 179 g/mol. The van der Waals surface area contributed by atoms with Gasteiger partial charge in [-0.1, -0.05) is 24.1 Å². The third-order valence-corrected chi connectivity index (χ3v) is 2.37. The lowest BCUT2D eigenvalue weighted by Crippen LogP contribution is -2.17. The van der Waals surface area contributed by atoms with Crippen LogP contribution in [0.3, 0.4) is 0 Å². The van der Waals surface area contributed by atoms with Gasteiger partial charge in [-0.15, -0.1) is 6.42 Å². The van der Waals surface area contributed by atoms with Gasteiger partial charge in [0.2, 0.25) is 0 Å². The molecule has 62 valence electrons. The highest BCUT2D eigenvalue weighted by Gasteiger charge is 1.98. The monoisotopic (exact) mass is 179 g/mol. The highest BCUT2D eigenvalue weighted by atomic mass is 32.2. The van der Waals surface area contributed by atoms with Crippen molar-refractivity contribution in [3.05, 3.63) is 30.3 Å². The van der Waals surface area contributed by atoms with Crippen molar-refractivity contribution in [3.63, 3.8) is 0 Å². The van der Waals surface area contributed by atoms with Crippen molar-refractivity contribution in [2.45, 2.75) is 4.90 Å². The summed E-state index contributed by atoms with van der Waals surface area (Å²) >= 11 is 0. The lowest BCUT2D eigenvalue weighted by atomic mass is 10.4. The highest BCUT2D eigenvalue weighted by molar-refractivity contribution is 7.83. The minimum absolute atomic E-state index is 0.321. The van der Waals surface area contributed by atoms with E-state index in [2.05, 4.69) is 10.6 Å². The Labute approximate surface area is 74.6 Å². The number of terminal acetylenes is 1. The van der Waals surface area contributed by atoms with Crippen LogP contribution in [-0.4, -0.2) is 10.8 Å². The molecule has 0 aliphatic carbocycles. The predicted molar refractivity (Wildman–Crippen MR) is 49.7 cm³/mol. The number of rotatable bonds is 3. The summed E-state index contributed by atoms with van der Waals surface area (Å²) in [5.41, 5.74) is 0. The Kier molecular flexibility index (Phi) is 3.52. The van der Waals surface area contributed by atoms with E-state index in [-0.39, 0.29) is 0 Å². The summed E-state index contributed by atoms with van der Waals surface area (Å²) in [5.74, 6) is 2.36. The summed E-state index contributed by atoms with van der Waals surface area (Å²) in [6, 6.07) is 9.14. The van der Waals surface area contributed by atoms with Crippen molar-refractivity contribution in [2.75, 3.05) is 6.54 Å². The van der Waals surface area contributed by atoms with E-state index in [1.165, 1.54) is 0 Å². The lowest BCUT2D eigenvalue weighted by molar-refractivity contribution is 0.676. The second kappa shape index (κ2) is 4.70. The molecule has 0 aliphatic rings. The molecule has 0 bridgehead atoms. The molecule has 0 heterocycles. The molecule has 0 saturated heterocycles. The van der Waals surface area contributed by atoms with Crippen molar-refractivity contribution < 1.29 is 4.21 Å². The molecule has 0 aromatic heterocycles. The molecule has 1 aromatic carbocycles. The Hall–Kier alpha value is -1.11. The summed E-state index contributed by atoms with van der Waals surface area (Å²) < 4.78 is 14.0. The zero-order chi connectivity index (χ0) is 8.81. The summed E-state index contributed by atoms with van der Waals surface area (Å²) in [7, 11) is -1.18. The van der Waals surface area contributed by atoms with E-state index < -0.39 is 11.0 Å². The predicted octanol–water partition coefficient (Wildman–Crippen LogP) is 0.932. The van der Waals surface area contributed by atoms with Gasteiger partial charge in [-0.3, -0.25) is 0 Å². The van der Waals surface area contributed by atoms with E-state index >= 15 is 0 Å². The van der Waals surface area contributed by atoms with Gasteiger partial charge in [0, 0.05) is 0 Å². The fourth-order valence-electron chi connectivity index (χ4n) is 0.735. The maximum absolute atomic E-state index is 11.3. The van der Waals surface area contributed by atoms with Crippen LogP contribution < -0.4 is 4.72 Å². The second-order valence-electron chi connectivity index (χ2n) is 2.11. The van der Waals surface area contributed by atoms with Crippen LogP contribution in [0, 0.1) is 12.3 Å². The number of hydrogen-bond donors (Lipinski definition) is 1. The zero-order valence-corrected chi connectivity index (χ0v) is 7.30. The lowest BCUT2D eigenvalue weighted by Gasteiger charge is -1.99.